The van der Waals surface area contributed by atoms with E-state index < -0.39 is 0 Å². The average molecular weight is 353 g/mol. The number of para-hydroxylation sites is 1. The van der Waals surface area contributed by atoms with Gasteiger partial charge in [0, 0.05) is 19.6 Å². The molecule has 0 spiro atoms. The number of nitrogens with zero attached hydrogens (tertiary/aromatic N) is 5. The molecule has 0 saturated carbocycles. The maximum atomic E-state index is 9.43. The van der Waals surface area contributed by atoms with Crippen LogP contribution in [0.25, 0.3) is 5.69 Å². The van der Waals surface area contributed by atoms with Crippen molar-refractivity contribution in [3.05, 3.63) is 41.6 Å². The summed E-state index contributed by atoms with van der Waals surface area (Å²) in [5, 5.41) is 13.9. The molecular weight excluding hydrogens is 330 g/mol. The largest absolute Gasteiger partial charge is 0.382 e. The fraction of sp³-hybridized carbons (Fsp3) is 0.389. The number of aromatic nitrogens is 2. The Labute approximate surface area is 152 Å². The summed E-state index contributed by atoms with van der Waals surface area (Å²) in [7, 11) is 0. The number of anilines is 1. The molecule has 0 atom stereocenters. The molecule has 2 aromatic rings. The number of guanidine groups is 1. The zero-order valence-electron chi connectivity index (χ0n) is 14.6. The second-order valence-electron chi connectivity index (χ2n) is 6.01. The van der Waals surface area contributed by atoms with Crippen LogP contribution < -0.4 is 11.5 Å². The number of benzene rings is 1. The summed E-state index contributed by atoms with van der Waals surface area (Å²) in [6, 6.07) is 11.7. The molecular formula is C18H23N7O. The lowest BCUT2D eigenvalue weighted by molar-refractivity contribution is 0.0674. The third-order valence-electron chi connectivity index (χ3n) is 4.29. The number of aryl methyl sites for hydroxylation is 1. The fourth-order valence-corrected chi connectivity index (χ4v) is 2.87. The first-order valence-corrected chi connectivity index (χ1v) is 8.66. The van der Waals surface area contributed by atoms with Crippen molar-refractivity contribution < 1.29 is 4.74 Å². The highest BCUT2D eigenvalue weighted by atomic mass is 16.5. The van der Waals surface area contributed by atoms with Crippen LogP contribution in [0, 0.1) is 11.3 Å². The first-order chi connectivity index (χ1) is 12.7. The van der Waals surface area contributed by atoms with E-state index in [9.17, 15) is 5.26 Å². The van der Waals surface area contributed by atoms with Crippen molar-refractivity contribution in [2.75, 3.05) is 38.6 Å². The molecule has 1 aromatic heterocycles. The number of nitrogens with two attached hydrogens (primary N) is 2. The van der Waals surface area contributed by atoms with Gasteiger partial charge in [0.1, 0.15) is 17.5 Å². The van der Waals surface area contributed by atoms with Gasteiger partial charge >= 0.3 is 0 Å². The van der Waals surface area contributed by atoms with Crippen molar-refractivity contribution in [3.8, 4) is 11.8 Å². The summed E-state index contributed by atoms with van der Waals surface area (Å²) >= 11 is 0. The van der Waals surface area contributed by atoms with E-state index in [1.165, 1.54) is 0 Å². The number of nitrogen functional groups attached to an aromatic ring is 1. The molecule has 26 heavy (non-hydrogen) atoms. The Morgan fingerprint density at radius 2 is 2.00 bits per heavy atom. The highest BCUT2D eigenvalue weighted by Crippen LogP contribution is 2.21. The quantitative estimate of drug-likeness (QED) is 0.468. The van der Waals surface area contributed by atoms with Crippen molar-refractivity contribution in [1.82, 2.24) is 14.7 Å². The summed E-state index contributed by atoms with van der Waals surface area (Å²) in [5.74, 6) is 0.910. The minimum absolute atomic E-state index is 0.366. The first-order valence-electron chi connectivity index (χ1n) is 8.66. The number of hydrogen-bond donors (Lipinski definition) is 2. The zero-order chi connectivity index (χ0) is 18.4. The maximum absolute atomic E-state index is 9.43. The molecule has 1 aromatic carbocycles. The molecule has 8 heteroatoms. The standard InChI is InChI=1S/C18H23N7O/c19-13-15-16(23-25(17(15)20)14-5-2-1-3-6-14)7-4-8-22-18(21)24-9-11-26-12-10-24/h1-3,5-6H,4,7-12,20H2,(H2,21,22). The highest BCUT2D eigenvalue weighted by Gasteiger charge is 2.16. The number of hydrogen-bond acceptors (Lipinski definition) is 5. The van der Waals surface area contributed by atoms with E-state index in [0.29, 0.717) is 49.2 Å². The van der Waals surface area contributed by atoms with Crippen LogP contribution in [-0.2, 0) is 11.2 Å². The van der Waals surface area contributed by atoms with Gasteiger partial charge in [-0.2, -0.15) is 10.4 Å². The normalized spacial score (nSPS) is 15.0. The molecule has 1 aliphatic rings. The summed E-state index contributed by atoms with van der Waals surface area (Å²) in [5.41, 5.74) is 14.1. The Balaban J connectivity index is 1.64. The van der Waals surface area contributed by atoms with E-state index in [1.807, 2.05) is 35.2 Å². The van der Waals surface area contributed by atoms with Crippen LogP contribution in [-0.4, -0.2) is 53.5 Å². The molecule has 0 bridgehead atoms. The van der Waals surface area contributed by atoms with Gasteiger partial charge in [0.15, 0.2) is 5.96 Å². The van der Waals surface area contributed by atoms with Gasteiger partial charge in [-0.25, -0.2) is 4.68 Å². The first kappa shape index (κ1) is 17.8. The maximum Gasteiger partial charge on any atom is 0.191 e. The van der Waals surface area contributed by atoms with Gasteiger partial charge in [0.25, 0.3) is 0 Å². The molecule has 0 aliphatic carbocycles. The Hall–Kier alpha value is -3.05. The van der Waals surface area contributed by atoms with Gasteiger partial charge in [0.05, 0.1) is 24.6 Å². The monoisotopic (exact) mass is 353 g/mol. The van der Waals surface area contributed by atoms with Crippen molar-refractivity contribution >= 4 is 11.8 Å². The molecule has 8 nitrogen and oxygen atoms in total. The molecule has 2 heterocycles. The highest BCUT2D eigenvalue weighted by molar-refractivity contribution is 5.78. The van der Waals surface area contributed by atoms with Gasteiger partial charge < -0.3 is 21.1 Å². The summed E-state index contributed by atoms with van der Waals surface area (Å²) in [4.78, 5) is 6.44. The number of ether oxygens (including phenoxy) is 1. The SMILES string of the molecule is N#Cc1c(CCCN=C(N)N2CCOCC2)nn(-c2ccccc2)c1N. The summed E-state index contributed by atoms with van der Waals surface area (Å²) in [6.07, 6.45) is 1.36. The lowest BCUT2D eigenvalue weighted by atomic mass is 10.1. The van der Waals surface area contributed by atoms with Crippen molar-refractivity contribution in [3.63, 3.8) is 0 Å². The minimum atomic E-state index is 0.366. The molecule has 1 saturated heterocycles. The molecule has 0 unspecified atom stereocenters. The number of morpholine rings is 1. The van der Waals surface area contributed by atoms with Crippen LogP contribution in [0.4, 0.5) is 5.82 Å². The van der Waals surface area contributed by atoms with E-state index >= 15 is 0 Å². The van der Waals surface area contributed by atoms with Gasteiger partial charge in [-0.3, -0.25) is 4.99 Å². The van der Waals surface area contributed by atoms with Crippen molar-refractivity contribution in [2.45, 2.75) is 12.8 Å². The number of rotatable bonds is 5. The molecule has 4 N–H and O–H groups in total. The van der Waals surface area contributed by atoms with Crippen molar-refractivity contribution in [1.29, 1.82) is 5.26 Å². The molecule has 136 valence electrons. The summed E-state index contributed by atoms with van der Waals surface area (Å²) < 4.78 is 6.91. The molecule has 1 fully saturated rings. The Bertz CT molecular complexity index is 801. The minimum Gasteiger partial charge on any atom is -0.382 e. The number of aliphatic imine (C=N–C) groups is 1. The van der Waals surface area contributed by atoms with Crippen LogP contribution in [0.2, 0.25) is 0 Å². The van der Waals surface area contributed by atoms with E-state index in [4.69, 9.17) is 16.2 Å². The van der Waals surface area contributed by atoms with Crippen molar-refractivity contribution in [2.24, 2.45) is 10.7 Å². The lowest BCUT2D eigenvalue weighted by Crippen LogP contribution is -2.44. The van der Waals surface area contributed by atoms with Crippen LogP contribution in [0.1, 0.15) is 17.7 Å². The van der Waals surface area contributed by atoms with Gasteiger partial charge in [-0.1, -0.05) is 18.2 Å². The zero-order valence-corrected chi connectivity index (χ0v) is 14.6. The topological polar surface area (TPSA) is 118 Å². The molecule has 0 amide bonds. The smallest absolute Gasteiger partial charge is 0.191 e. The van der Waals surface area contributed by atoms with Crippen LogP contribution in [0.5, 0.6) is 0 Å². The van der Waals surface area contributed by atoms with E-state index in [0.717, 1.165) is 25.2 Å². The number of nitriles is 1. The Morgan fingerprint density at radius 3 is 2.69 bits per heavy atom. The molecule has 3 rings (SSSR count). The molecule has 0 radical (unpaired) electrons. The van der Waals surface area contributed by atoms with Crippen LogP contribution in [0.15, 0.2) is 35.3 Å². The predicted octanol–water partition coefficient (Wildman–Crippen LogP) is 0.906. The second kappa shape index (κ2) is 8.36. The summed E-state index contributed by atoms with van der Waals surface area (Å²) in [6.45, 7) is 3.47. The van der Waals surface area contributed by atoms with Gasteiger partial charge in [0.2, 0.25) is 0 Å². The second-order valence-corrected chi connectivity index (χ2v) is 6.01. The Morgan fingerprint density at radius 1 is 1.27 bits per heavy atom. The van der Waals surface area contributed by atoms with E-state index in [1.54, 1.807) is 4.68 Å². The predicted molar refractivity (Wildman–Crippen MR) is 99.9 cm³/mol. The molecule has 1 aliphatic heterocycles. The van der Waals surface area contributed by atoms with E-state index in [-0.39, 0.29) is 0 Å². The van der Waals surface area contributed by atoms with E-state index in [2.05, 4.69) is 16.2 Å². The van der Waals surface area contributed by atoms with Crippen LogP contribution in [0.3, 0.4) is 0 Å². The Kier molecular flexibility index (Phi) is 5.71. The third kappa shape index (κ3) is 3.95. The lowest BCUT2D eigenvalue weighted by Gasteiger charge is -2.27. The van der Waals surface area contributed by atoms with Crippen LogP contribution >= 0.6 is 0 Å². The fourth-order valence-electron chi connectivity index (χ4n) is 2.87. The van der Waals surface area contributed by atoms with Gasteiger partial charge in [-0.15, -0.1) is 0 Å². The third-order valence-corrected chi connectivity index (χ3v) is 4.29. The van der Waals surface area contributed by atoms with Gasteiger partial charge in [-0.05, 0) is 25.0 Å². The average Bonchev–Trinajstić information content (AvgIpc) is 3.01.